The quantitative estimate of drug-likeness (QED) is 0.525. The van der Waals surface area contributed by atoms with E-state index in [9.17, 15) is 8.78 Å². The first-order chi connectivity index (χ1) is 4.61. The summed E-state index contributed by atoms with van der Waals surface area (Å²) in [6.07, 6.45) is 4.51. The van der Waals surface area contributed by atoms with Gasteiger partial charge in [-0.3, -0.25) is 0 Å². The zero-order valence-corrected chi connectivity index (χ0v) is 7.10. The van der Waals surface area contributed by atoms with E-state index in [-0.39, 0.29) is 5.92 Å². The van der Waals surface area contributed by atoms with Crippen LogP contribution in [0.5, 0.6) is 0 Å². The molecule has 0 aromatic heterocycles. The van der Waals surface area contributed by atoms with E-state index in [1.54, 1.807) is 9.24 Å². The van der Waals surface area contributed by atoms with Crippen LogP contribution in [0.3, 0.4) is 0 Å². The smallest absolute Gasteiger partial charge is 0.202 e. The van der Waals surface area contributed by atoms with Crippen molar-refractivity contribution in [2.75, 3.05) is 0 Å². The summed E-state index contributed by atoms with van der Waals surface area (Å²) in [5.41, 5.74) is -2.51. The van der Waals surface area contributed by atoms with E-state index in [0.29, 0.717) is 12.8 Å². The second-order valence-corrected chi connectivity index (χ2v) is 3.78. The van der Waals surface area contributed by atoms with Crippen molar-refractivity contribution in [2.45, 2.75) is 37.8 Å². The molecule has 10 heavy (non-hydrogen) atoms. The molecule has 0 aliphatic heterocycles. The van der Waals surface area contributed by atoms with Gasteiger partial charge in [0.05, 0.1) is 0 Å². The van der Waals surface area contributed by atoms with E-state index < -0.39 is 5.66 Å². The highest BCUT2D eigenvalue weighted by molar-refractivity contribution is 7.18. The molecular formula is C7H13F2P. The van der Waals surface area contributed by atoms with E-state index in [1.807, 2.05) is 0 Å². The molecular weight excluding hydrogens is 153 g/mol. The zero-order valence-electron chi connectivity index (χ0n) is 5.95. The summed E-state index contributed by atoms with van der Waals surface area (Å²) < 4.78 is 25.1. The minimum Gasteiger partial charge on any atom is -0.202 e. The third kappa shape index (κ3) is 2.16. The molecule has 0 aromatic rings. The van der Waals surface area contributed by atoms with Gasteiger partial charge in [0.25, 0.3) is 5.66 Å². The Balaban J connectivity index is 2.39. The molecule has 60 valence electrons. The summed E-state index contributed by atoms with van der Waals surface area (Å²) in [6, 6.07) is 0. The van der Waals surface area contributed by atoms with Gasteiger partial charge in [0.1, 0.15) is 0 Å². The van der Waals surface area contributed by atoms with Crippen molar-refractivity contribution in [3.8, 4) is 0 Å². The predicted octanol–water partition coefficient (Wildman–Crippen LogP) is 3.03. The fourth-order valence-corrected chi connectivity index (χ4v) is 1.82. The van der Waals surface area contributed by atoms with Crippen molar-refractivity contribution in [3.05, 3.63) is 0 Å². The predicted molar refractivity (Wildman–Crippen MR) is 41.2 cm³/mol. The molecule has 1 unspecified atom stereocenters. The lowest BCUT2D eigenvalue weighted by Crippen LogP contribution is -2.23. The SMILES string of the molecule is FC(F)(P)C1CCCCC1. The lowest BCUT2D eigenvalue weighted by Gasteiger charge is -2.26. The van der Waals surface area contributed by atoms with Gasteiger partial charge in [0, 0.05) is 5.92 Å². The van der Waals surface area contributed by atoms with E-state index in [0.717, 1.165) is 19.3 Å². The first-order valence-electron chi connectivity index (χ1n) is 3.77. The highest BCUT2D eigenvalue weighted by Gasteiger charge is 2.34. The average molecular weight is 166 g/mol. The molecule has 0 amide bonds. The third-order valence-corrected chi connectivity index (χ3v) is 2.62. The topological polar surface area (TPSA) is 0 Å². The van der Waals surface area contributed by atoms with Crippen LogP contribution in [-0.4, -0.2) is 5.66 Å². The summed E-state index contributed by atoms with van der Waals surface area (Å²) in [5.74, 6) is -0.369. The molecule has 0 N–H and O–H groups in total. The first kappa shape index (κ1) is 8.39. The Hall–Kier alpha value is 0.290. The van der Waals surface area contributed by atoms with Gasteiger partial charge >= 0.3 is 0 Å². The summed E-state index contributed by atoms with van der Waals surface area (Å²) in [6.45, 7) is 0. The molecule has 1 fully saturated rings. The zero-order chi connectivity index (χ0) is 7.61. The van der Waals surface area contributed by atoms with Crippen LogP contribution in [0, 0.1) is 5.92 Å². The van der Waals surface area contributed by atoms with Gasteiger partial charge in [-0.05, 0) is 12.8 Å². The summed E-state index contributed by atoms with van der Waals surface area (Å²) in [7, 11) is 1.65. The molecule has 0 heterocycles. The summed E-state index contributed by atoms with van der Waals surface area (Å²) in [5, 5.41) is 0. The number of hydrogen-bond acceptors (Lipinski definition) is 0. The number of rotatable bonds is 1. The largest absolute Gasteiger partial charge is 0.261 e. The van der Waals surface area contributed by atoms with Crippen LogP contribution in [0.25, 0.3) is 0 Å². The maximum Gasteiger partial charge on any atom is 0.261 e. The van der Waals surface area contributed by atoms with E-state index in [1.165, 1.54) is 0 Å². The Morgan fingerprint density at radius 1 is 1.10 bits per heavy atom. The summed E-state index contributed by atoms with van der Waals surface area (Å²) in [4.78, 5) is 0. The Morgan fingerprint density at radius 3 is 1.90 bits per heavy atom. The maximum atomic E-state index is 12.6. The van der Waals surface area contributed by atoms with Crippen molar-refractivity contribution in [1.29, 1.82) is 0 Å². The second-order valence-electron chi connectivity index (χ2n) is 3.01. The van der Waals surface area contributed by atoms with Gasteiger partial charge < -0.3 is 0 Å². The van der Waals surface area contributed by atoms with Crippen LogP contribution in [0.2, 0.25) is 0 Å². The highest BCUT2D eigenvalue weighted by atomic mass is 31.0. The van der Waals surface area contributed by atoms with Crippen LogP contribution in [0.15, 0.2) is 0 Å². The van der Waals surface area contributed by atoms with Crippen LogP contribution < -0.4 is 0 Å². The second kappa shape index (κ2) is 3.13. The lowest BCUT2D eigenvalue weighted by molar-refractivity contribution is 0.0183. The highest BCUT2D eigenvalue weighted by Crippen LogP contribution is 2.40. The molecule has 0 aromatic carbocycles. The molecule has 0 saturated heterocycles. The molecule has 0 radical (unpaired) electrons. The standard InChI is InChI=1S/C7H13F2P/c8-7(9,10)6-4-2-1-3-5-6/h6H,1-5,10H2. The normalized spacial score (nSPS) is 23.1. The van der Waals surface area contributed by atoms with Gasteiger partial charge in [0.15, 0.2) is 0 Å². The minimum absolute atomic E-state index is 0.369. The number of hydrogen-bond donors (Lipinski definition) is 0. The van der Waals surface area contributed by atoms with Crippen molar-refractivity contribution in [3.63, 3.8) is 0 Å². The van der Waals surface area contributed by atoms with Crippen molar-refractivity contribution in [2.24, 2.45) is 5.92 Å². The molecule has 0 spiro atoms. The van der Waals surface area contributed by atoms with Crippen LogP contribution in [-0.2, 0) is 0 Å². The van der Waals surface area contributed by atoms with Gasteiger partial charge in [-0.25, -0.2) is 8.78 Å². The first-order valence-corrected chi connectivity index (χ1v) is 4.35. The molecule has 1 atom stereocenters. The Labute approximate surface area is 62.6 Å². The van der Waals surface area contributed by atoms with E-state index >= 15 is 0 Å². The molecule has 3 heteroatoms. The van der Waals surface area contributed by atoms with Crippen LogP contribution in [0.1, 0.15) is 32.1 Å². The average Bonchev–Trinajstić information content (AvgIpc) is 1.88. The molecule has 0 nitrogen and oxygen atoms in total. The third-order valence-electron chi connectivity index (χ3n) is 2.15. The maximum absolute atomic E-state index is 12.6. The van der Waals surface area contributed by atoms with Crippen LogP contribution in [0.4, 0.5) is 8.78 Å². The molecule has 1 rings (SSSR count). The minimum atomic E-state index is -2.51. The fourth-order valence-electron chi connectivity index (χ4n) is 1.49. The number of halogens is 2. The molecule has 1 aliphatic carbocycles. The van der Waals surface area contributed by atoms with E-state index in [4.69, 9.17) is 0 Å². The number of alkyl halides is 2. The van der Waals surface area contributed by atoms with Gasteiger partial charge in [-0.1, -0.05) is 28.5 Å². The lowest BCUT2D eigenvalue weighted by atomic mass is 9.89. The van der Waals surface area contributed by atoms with Crippen molar-refractivity contribution >= 4 is 9.24 Å². The monoisotopic (exact) mass is 166 g/mol. The molecule has 1 aliphatic rings. The molecule has 1 saturated carbocycles. The van der Waals surface area contributed by atoms with Gasteiger partial charge in [-0.15, -0.1) is 0 Å². The fraction of sp³-hybridized carbons (Fsp3) is 1.00. The Kier molecular flexibility index (Phi) is 2.62. The van der Waals surface area contributed by atoms with Crippen LogP contribution >= 0.6 is 9.24 Å². The molecule has 0 bridgehead atoms. The summed E-state index contributed by atoms with van der Waals surface area (Å²) >= 11 is 0. The van der Waals surface area contributed by atoms with Crippen molar-refractivity contribution < 1.29 is 8.78 Å². The Morgan fingerprint density at radius 2 is 1.60 bits per heavy atom. The van der Waals surface area contributed by atoms with E-state index in [2.05, 4.69) is 0 Å². The van der Waals surface area contributed by atoms with Gasteiger partial charge in [0.2, 0.25) is 0 Å². The van der Waals surface area contributed by atoms with Gasteiger partial charge in [-0.2, -0.15) is 0 Å². The Bertz CT molecular complexity index is 103. The van der Waals surface area contributed by atoms with Crippen molar-refractivity contribution in [1.82, 2.24) is 0 Å².